The van der Waals surface area contributed by atoms with Crippen LogP contribution in [-0.2, 0) is 4.84 Å². The summed E-state index contributed by atoms with van der Waals surface area (Å²) in [5, 5.41) is 8.06. The molecular formula is C9H9N5O2. The van der Waals surface area contributed by atoms with Gasteiger partial charge in [0.05, 0.1) is 11.9 Å². The molecule has 82 valence electrons. The Morgan fingerprint density at radius 3 is 3.12 bits per heavy atom. The second-order valence-corrected chi connectivity index (χ2v) is 3.41. The van der Waals surface area contributed by atoms with Crippen molar-refractivity contribution in [2.75, 3.05) is 5.01 Å². The second kappa shape index (κ2) is 3.11. The van der Waals surface area contributed by atoms with E-state index in [1.54, 1.807) is 17.4 Å². The Hall–Kier alpha value is -2.28. The molecule has 7 nitrogen and oxygen atoms in total. The van der Waals surface area contributed by atoms with E-state index in [0.717, 1.165) is 11.3 Å². The van der Waals surface area contributed by atoms with Crippen LogP contribution in [0, 0.1) is 6.92 Å². The summed E-state index contributed by atoms with van der Waals surface area (Å²) in [6, 6.07) is 1.81. The van der Waals surface area contributed by atoms with Gasteiger partial charge in [0, 0.05) is 11.8 Å². The average Bonchev–Trinajstić information content (AvgIpc) is 2.90. The van der Waals surface area contributed by atoms with Crippen molar-refractivity contribution in [2.45, 2.75) is 6.92 Å². The molecule has 16 heavy (non-hydrogen) atoms. The third-order valence-electron chi connectivity index (χ3n) is 2.49. The smallest absolute Gasteiger partial charge is 0.347 e. The molecule has 3 rings (SSSR count). The third kappa shape index (κ3) is 1.12. The first kappa shape index (κ1) is 8.98. The molecule has 1 aliphatic heterocycles. The highest BCUT2D eigenvalue weighted by atomic mass is 16.7. The lowest BCUT2D eigenvalue weighted by molar-refractivity contribution is 0.159. The number of nitrogens with one attached hydrogen (secondary N) is 2. The molecule has 3 heterocycles. The van der Waals surface area contributed by atoms with Gasteiger partial charge in [-0.15, -0.1) is 0 Å². The van der Waals surface area contributed by atoms with E-state index in [1.165, 1.54) is 10.7 Å². The van der Waals surface area contributed by atoms with Crippen molar-refractivity contribution in [1.29, 1.82) is 0 Å². The first-order valence-electron chi connectivity index (χ1n) is 4.71. The van der Waals surface area contributed by atoms with Crippen LogP contribution in [0.4, 0.5) is 5.69 Å². The Bertz CT molecular complexity index is 626. The number of hydrogen-bond acceptors (Lipinski definition) is 5. The molecule has 0 fully saturated rings. The van der Waals surface area contributed by atoms with Gasteiger partial charge in [-0.2, -0.15) is 5.10 Å². The zero-order chi connectivity index (χ0) is 11.1. The van der Waals surface area contributed by atoms with Crippen LogP contribution >= 0.6 is 0 Å². The van der Waals surface area contributed by atoms with Crippen LogP contribution in [0.15, 0.2) is 29.5 Å². The number of hydrazine groups is 1. The van der Waals surface area contributed by atoms with Crippen LogP contribution in [0.25, 0.3) is 5.65 Å². The van der Waals surface area contributed by atoms with Crippen LogP contribution in [0.3, 0.4) is 0 Å². The zero-order valence-corrected chi connectivity index (χ0v) is 8.47. The molecule has 2 aromatic rings. The molecule has 0 aromatic carbocycles. The molecule has 0 aliphatic carbocycles. The molecule has 0 saturated heterocycles. The Morgan fingerprint density at radius 1 is 1.50 bits per heavy atom. The summed E-state index contributed by atoms with van der Waals surface area (Å²) in [5.74, 6) is 0. The molecule has 0 spiro atoms. The van der Waals surface area contributed by atoms with Crippen LogP contribution < -0.4 is 16.3 Å². The van der Waals surface area contributed by atoms with E-state index in [1.807, 2.05) is 13.0 Å². The lowest BCUT2D eigenvalue weighted by atomic mass is 10.2. The van der Waals surface area contributed by atoms with Crippen LogP contribution in [0.2, 0.25) is 0 Å². The Labute approximate surface area is 89.9 Å². The van der Waals surface area contributed by atoms with Gasteiger partial charge in [0.15, 0.2) is 5.65 Å². The maximum absolute atomic E-state index is 11.3. The normalized spacial score (nSPS) is 14.7. The fraction of sp³-hybridized carbons (Fsp3) is 0.111. The summed E-state index contributed by atoms with van der Waals surface area (Å²) in [7, 11) is 0. The summed E-state index contributed by atoms with van der Waals surface area (Å²) in [5.41, 5.74) is 4.79. The minimum Gasteiger partial charge on any atom is -0.395 e. The molecule has 1 aliphatic rings. The quantitative estimate of drug-likeness (QED) is 0.709. The number of aromatic nitrogens is 3. The molecule has 0 bridgehead atoms. The molecule has 2 N–H and O–H groups in total. The van der Waals surface area contributed by atoms with E-state index >= 15 is 0 Å². The molecule has 2 aromatic heterocycles. The predicted molar refractivity (Wildman–Crippen MR) is 56.4 cm³/mol. The number of nitrogens with zero attached hydrogens (tertiary/aromatic N) is 3. The molecule has 0 saturated carbocycles. The van der Waals surface area contributed by atoms with Gasteiger partial charge in [-0.05, 0) is 13.0 Å². The standard InChI is InChI=1S/C9H9N5O2/c1-6-7(14-4-5-16-12-14)2-3-13-8(6)10-11-9(13)15/h2-5,12H,1H3,(H,11,15). The van der Waals surface area contributed by atoms with Gasteiger partial charge in [0.1, 0.15) is 6.26 Å². The van der Waals surface area contributed by atoms with Crippen molar-refractivity contribution in [3.8, 4) is 0 Å². The van der Waals surface area contributed by atoms with Gasteiger partial charge in [-0.3, -0.25) is 4.40 Å². The highest BCUT2D eigenvalue weighted by Crippen LogP contribution is 2.22. The van der Waals surface area contributed by atoms with E-state index < -0.39 is 0 Å². The van der Waals surface area contributed by atoms with Gasteiger partial charge in [-0.25, -0.2) is 14.9 Å². The minimum absolute atomic E-state index is 0.245. The average molecular weight is 219 g/mol. The lowest BCUT2D eigenvalue weighted by Gasteiger charge is -2.16. The number of H-pyrrole nitrogens is 1. The van der Waals surface area contributed by atoms with Gasteiger partial charge in [0.25, 0.3) is 0 Å². The lowest BCUT2D eigenvalue weighted by Crippen LogP contribution is -2.28. The predicted octanol–water partition coefficient (Wildman–Crippen LogP) is 0.0584. The van der Waals surface area contributed by atoms with Crippen molar-refractivity contribution in [3.05, 3.63) is 40.8 Å². The fourth-order valence-electron chi connectivity index (χ4n) is 1.69. The van der Waals surface area contributed by atoms with E-state index in [0.29, 0.717) is 5.65 Å². The van der Waals surface area contributed by atoms with Crippen molar-refractivity contribution in [3.63, 3.8) is 0 Å². The number of hydrogen-bond donors (Lipinski definition) is 2. The largest absolute Gasteiger partial charge is 0.395 e. The summed E-state index contributed by atoms with van der Waals surface area (Å²) in [6.45, 7) is 1.89. The number of fused-ring (bicyclic) bond motifs is 1. The number of pyridine rings is 1. The first-order chi connectivity index (χ1) is 7.77. The summed E-state index contributed by atoms with van der Waals surface area (Å²) in [6.07, 6.45) is 4.93. The van der Waals surface area contributed by atoms with Crippen LogP contribution in [0.5, 0.6) is 0 Å². The van der Waals surface area contributed by atoms with E-state index in [9.17, 15) is 4.79 Å². The summed E-state index contributed by atoms with van der Waals surface area (Å²) < 4.78 is 1.46. The minimum atomic E-state index is -0.245. The third-order valence-corrected chi connectivity index (χ3v) is 2.49. The first-order valence-corrected chi connectivity index (χ1v) is 4.71. The molecule has 0 unspecified atom stereocenters. The molecule has 7 heteroatoms. The number of aryl methyl sites for hydroxylation is 1. The Kier molecular flexibility index (Phi) is 1.74. The Morgan fingerprint density at radius 2 is 2.38 bits per heavy atom. The molecule has 0 atom stereocenters. The number of rotatable bonds is 1. The second-order valence-electron chi connectivity index (χ2n) is 3.41. The van der Waals surface area contributed by atoms with Gasteiger partial charge in [-0.1, -0.05) is 5.59 Å². The summed E-state index contributed by atoms with van der Waals surface area (Å²) in [4.78, 5) is 16.2. The van der Waals surface area contributed by atoms with Gasteiger partial charge >= 0.3 is 5.69 Å². The molecule has 0 radical (unpaired) electrons. The van der Waals surface area contributed by atoms with Gasteiger partial charge in [0.2, 0.25) is 0 Å². The maximum atomic E-state index is 11.3. The zero-order valence-electron chi connectivity index (χ0n) is 8.47. The van der Waals surface area contributed by atoms with Gasteiger partial charge < -0.3 is 4.84 Å². The van der Waals surface area contributed by atoms with Crippen molar-refractivity contribution in [2.24, 2.45) is 0 Å². The van der Waals surface area contributed by atoms with E-state index in [4.69, 9.17) is 4.84 Å². The van der Waals surface area contributed by atoms with Crippen LogP contribution in [0.1, 0.15) is 5.56 Å². The Balaban J connectivity index is 2.23. The monoisotopic (exact) mass is 219 g/mol. The SMILES string of the molecule is Cc1c(N2C=CON2)ccn2c(=O)[nH]nc12. The van der Waals surface area contributed by atoms with Crippen LogP contribution in [-0.4, -0.2) is 14.6 Å². The summed E-state index contributed by atoms with van der Waals surface area (Å²) >= 11 is 0. The van der Waals surface area contributed by atoms with Crippen molar-refractivity contribution < 1.29 is 4.84 Å². The topological polar surface area (TPSA) is 74.7 Å². The van der Waals surface area contributed by atoms with Crippen molar-refractivity contribution in [1.82, 2.24) is 20.2 Å². The number of anilines is 1. The molecule has 0 amide bonds. The highest BCUT2D eigenvalue weighted by molar-refractivity contribution is 5.64. The highest BCUT2D eigenvalue weighted by Gasteiger charge is 2.14. The van der Waals surface area contributed by atoms with E-state index in [2.05, 4.69) is 15.8 Å². The van der Waals surface area contributed by atoms with E-state index in [-0.39, 0.29) is 5.69 Å². The van der Waals surface area contributed by atoms with Crippen molar-refractivity contribution >= 4 is 11.3 Å². The fourth-order valence-corrected chi connectivity index (χ4v) is 1.69. The molecular weight excluding hydrogens is 210 g/mol. The number of aromatic amines is 1. The maximum Gasteiger partial charge on any atom is 0.347 e.